The molecular weight excluding hydrogens is 250 g/mol. The number of fused-ring (bicyclic) bond motifs is 1. The summed E-state index contributed by atoms with van der Waals surface area (Å²) in [6, 6.07) is 8.50. The molecule has 3 heteroatoms. The Morgan fingerprint density at radius 1 is 1.29 bits per heavy atom. The number of hydrogen-bond donors (Lipinski definition) is 0. The highest BCUT2D eigenvalue weighted by Crippen LogP contribution is 2.38. The van der Waals surface area contributed by atoms with Gasteiger partial charge in [-0.25, -0.2) is 0 Å². The second-order valence-electron chi connectivity index (χ2n) is 4.88. The Labute approximate surface area is 111 Å². The van der Waals surface area contributed by atoms with Crippen molar-refractivity contribution in [3.05, 3.63) is 34.2 Å². The molecule has 1 nitrogen and oxygen atoms in total. The van der Waals surface area contributed by atoms with E-state index < -0.39 is 0 Å². The zero-order chi connectivity index (χ0) is 11.8. The molecule has 1 aliphatic rings. The van der Waals surface area contributed by atoms with Gasteiger partial charge in [0.05, 0.1) is 0 Å². The molecule has 0 bridgehead atoms. The Hall–Kier alpha value is -0.570. The molecule has 0 atom stereocenters. The molecule has 1 fully saturated rings. The Bertz CT molecular complexity index is 526. The van der Waals surface area contributed by atoms with Gasteiger partial charge in [-0.1, -0.05) is 17.7 Å². The van der Waals surface area contributed by atoms with Gasteiger partial charge in [-0.3, -0.25) is 0 Å². The predicted octanol–water partition coefficient (Wildman–Crippen LogP) is 4.36. The van der Waals surface area contributed by atoms with Crippen LogP contribution in [0.15, 0.2) is 24.3 Å². The summed E-state index contributed by atoms with van der Waals surface area (Å²) in [6.45, 7) is 2.43. The van der Waals surface area contributed by atoms with Gasteiger partial charge in [-0.05, 0) is 57.1 Å². The van der Waals surface area contributed by atoms with E-state index in [1.54, 1.807) is 0 Å². The molecule has 90 valence electrons. The van der Waals surface area contributed by atoms with Crippen molar-refractivity contribution in [2.75, 3.05) is 20.1 Å². The summed E-state index contributed by atoms with van der Waals surface area (Å²) in [4.78, 5) is 3.93. The third kappa shape index (κ3) is 2.22. The minimum absolute atomic E-state index is 0.736. The quantitative estimate of drug-likeness (QED) is 0.740. The predicted molar refractivity (Wildman–Crippen MR) is 76.3 cm³/mol. The molecule has 0 saturated carbocycles. The monoisotopic (exact) mass is 265 g/mol. The van der Waals surface area contributed by atoms with Crippen LogP contribution in [0.4, 0.5) is 0 Å². The van der Waals surface area contributed by atoms with E-state index in [0.717, 1.165) is 10.9 Å². The number of hydrogen-bond acceptors (Lipinski definition) is 2. The van der Waals surface area contributed by atoms with Crippen molar-refractivity contribution in [1.82, 2.24) is 4.90 Å². The molecule has 1 aromatic carbocycles. The van der Waals surface area contributed by atoms with Crippen molar-refractivity contribution in [3.63, 3.8) is 0 Å². The summed E-state index contributed by atoms with van der Waals surface area (Å²) in [5.74, 6) is 0.736. The SMILES string of the molecule is CN1CCC(c2cc3c(Cl)cccc3s2)CC1. The van der Waals surface area contributed by atoms with Gasteiger partial charge in [-0.15, -0.1) is 11.3 Å². The lowest BCUT2D eigenvalue weighted by Gasteiger charge is -2.28. The fraction of sp³-hybridized carbons (Fsp3) is 0.429. The van der Waals surface area contributed by atoms with Crippen molar-refractivity contribution in [2.24, 2.45) is 0 Å². The van der Waals surface area contributed by atoms with Crippen LogP contribution in [0, 0.1) is 0 Å². The van der Waals surface area contributed by atoms with Crippen LogP contribution in [0.5, 0.6) is 0 Å². The van der Waals surface area contributed by atoms with Crippen LogP contribution in [0.3, 0.4) is 0 Å². The van der Waals surface area contributed by atoms with Gasteiger partial charge < -0.3 is 4.90 Å². The van der Waals surface area contributed by atoms with E-state index in [4.69, 9.17) is 11.6 Å². The standard InChI is InChI=1S/C14H16ClNS/c1-16-7-5-10(6-8-16)14-9-11-12(15)3-2-4-13(11)17-14/h2-4,9-10H,5-8H2,1H3. The first-order chi connectivity index (χ1) is 8.24. The lowest BCUT2D eigenvalue weighted by atomic mass is 9.95. The molecule has 2 heterocycles. The van der Waals surface area contributed by atoms with E-state index in [-0.39, 0.29) is 0 Å². The summed E-state index contributed by atoms with van der Waals surface area (Å²) < 4.78 is 1.33. The Morgan fingerprint density at radius 2 is 2.06 bits per heavy atom. The third-order valence-corrected chi connectivity index (χ3v) is 5.24. The first-order valence-electron chi connectivity index (χ1n) is 6.10. The molecular formula is C14H16ClNS. The maximum Gasteiger partial charge on any atom is 0.0492 e. The zero-order valence-corrected chi connectivity index (χ0v) is 11.5. The van der Waals surface area contributed by atoms with Gasteiger partial charge >= 0.3 is 0 Å². The van der Waals surface area contributed by atoms with E-state index >= 15 is 0 Å². The number of nitrogens with zero attached hydrogens (tertiary/aromatic N) is 1. The minimum atomic E-state index is 0.736. The van der Waals surface area contributed by atoms with Crippen LogP contribution >= 0.6 is 22.9 Å². The lowest BCUT2D eigenvalue weighted by molar-refractivity contribution is 0.257. The molecule has 17 heavy (non-hydrogen) atoms. The van der Waals surface area contributed by atoms with Gasteiger partial charge in [0.15, 0.2) is 0 Å². The number of piperidine rings is 1. The van der Waals surface area contributed by atoms with Crippen LogP contribution in [-0.2, 0) is 0 Å². The van der Waals surface area contributed by atoms with E-state index in [2.05, 4.69) is 24.1 Å². The molecule has 0 amide bonds. The molecule has 1 aliphatic heterocycles. The average molecular weight is 266 g/mol. The van der Waals surface area contributed by atoms with Crippen molar-refractivity contribution in [3.8, 4) is 0 Å². The van der Waals surface area contributed by atoms with E-state index in [9.17, 15) is 0 Å². The largest absolute Gasteiger partial charge is 0.306 e. The minimum Gasteiger partial charge on any atom is -0.306 e. The Balaban J connectivity index is 1.93. The number of thiophene rings is 1. The van der Waals surface area contributed by atoms with Crippen LogP contribution < -0.4 is 0 Å². The van der Waals surface area contributed by atoms with Crippen molar-refractivity contribution in [1.29, 1.82) is 0 Å². The van der Waals surface area contributed by atoms with E-state index in [0.29, 0.717) is 0 Å². The fourth-order valence-electron chi connectivity index (χ4n) is 2.54. The molecule has 0 radical (unpaired) electrons. The van der Waals surface area contributed by atoms with Crippen LogP contribution in [0.25, 0.3) is 10.1 Å². The van der Waals surface area contributed by atoms with Crippen LogP contribution in [-0.4, -0.2) is 25.0 Å². The number of likely N-dealkylation sites (tertiary alicyclic amines) is 1. The molecule has 2 aromatic rings. The van der Waals surface area contributed by atoms with Gasteiger partial charge in [0.1, 0.15) is 0 Å². The second-order valence-corrected chi connectivity index (χ2v) is 6.40. The Morgan fingerprint density at radius 3 is 2.76 bits per heavy atom. The third-order valence-electron chi connectivity index (χ3n) is 3.65. The molecule has 1 aromatic heterocycles. The van der Waals surface area contributed by atoms with E-state index in [1.165, 1.54) is 40.9 Å². The van der Waals surface area contributed by atoms with Gasteiger partial charge in [0, 0.05) is 20.0 Å². The molecule has 0 spiro atoms. The van der Waals surface area contributed by atoms with E-state index in [1.807, 2.05) is 23.5 Å². The highest BCUT2D eigenvalue weighted by atomic mass is 35.5. The van der Waals surface area contributed by atoms with Crippen LogP contribution in [0.1, 0.15) is 23.6 Å². The summed E-state index contributed by atoms with van der Waals surface area (Å²) in [5, 5.41) is 2.12. The first-order valence-corrected chi connectivity index (χ1v) is 7.30. The summed E-state index contributed by atoms with van der Waals surface area (Å²) in [6.07, 6.45) is 2.56. The molecule has 0 aliphatic carbocycles. The smallest absolute Gasteiger partial charge is 0.0492 e. The highest BCUT2D eigenvalue weighted by molar-refractivity contribution is 7.19. The Kier molecular flexibility index (Phi) is 3.12. The highest BCUT2D eigenvalue weighted by Gasteiger charge is 2.20. The second kappa shape index (κ2) is 4.60. The normalized spacial score (nSPS) is 18.9. The fourth-order valence-corrected chi connectivity index (χ4v) is 4.08. The number of rotatable bonds is 1. The molecule has 3 rings (SSSR count). The van der Waals surface area contributed by atoms with Crippen LogP contribution in [0.2, 0.25) is 5.02 Å². The van der Waals surface area contributed by atoms with Gasteiger partial charge in [-0.2, -0.15) is 0 Å². The van der Waals surface area contributed by atoms with Gasteiger partial charge in [0.2, 0.25) is 0 Å². The molecule has 1 saturated heterocycles. The van der Waals surface area contributed by atoms with Gasteiger partial charge in [0.25, 0.3) is 0 Å². The van der Waals surface area contributed by atoms with Crippen molar-refractivity contribution >= 4 is 33.0 Å². The number of benzene rings is 1. The average Bonchev–Trinajstić information content (AvgIpc) is 2.75. The topological polar surface area (TPSA) is 3.24 Å². The maximum absolute atomic E-state index is 6.23. The number of halogens is 1. The zero-order valence-electron chi connectivity index (χ0n) is 9.95. The maximum atomic E-state index is 6.23. The van der Waals surface area contributed by atoms with Crippen molar-refractivity contribution < 1.29 is 0 Å². The summed E-state index contributed by atoms with van der Waals surface area (Å²) in [5.41, 5.74) is 0. The molecule has 0 unspecified atom stereocenters. The summed E-state index contributed by atoms with van der Waals surface area (Å²) >= 11 is 8.15. The lowest BCUT2D eigenvalue weighted by Crippen LogP contribution is -2.28. The summed E-state index contributed by atoms with van der Waals surface area (Å²) in [7, 11) is 2.21. The first kappa shape index (κ1) is 11.5. The van der Waals surface area contributed by atoms with Crippen molar-refractivity contribution in [2.45, 2.75) is 18.8 Å². The molecule has 0 N–H and O–H groups in total.